The summed E-state index contributed by atoms with van der Waals surface area (Å²) in [5.74, 6) is -0.140. The van der Waals surface area contributed by atoms with Crippen LogP contribution in [0.1, 0.15) is 41.5 Å². The molecule has 8 nitrogen and oxygen atoms in total. The molecule has 0 saturated carbocycles. The van der Waals surface area contributed by atoms with Gasteiger partial charge >= 0.3 is 12.2 Å². The predicted molar refractivity (Wildman–Crippen MR) is 80.9 cm³/mol. The summed E-state index contributed by atoms with van der Waals surface area (Å²) in [6, 6.07) is 1.60. The molecule has 0 unspecified atom stereocenters. The Labute approximate surface area is 129 Å². The number of aromatic nitrogens is 2. The molecule has 0 saturated heterocycles. The van der Waals surface area contributed by atoms with Gasteiger partial charge in [0.25, 0.3) is 0 Å². The maximum atomic E-state index is 11.9. The minimum atomic E-state index is -1.25. The molecule has 1 aromatic heterocycles. The zero-order chi connectivity index (χ0) is 17.1. The number of hydrogen-bond donors (Lipinski definition) is 1. The van der Waals surface area contributed by atoms with Gasteiger partial charge in [-0.3, -0.25) is 0 Å². The van der Waals surface area contributed by atoms with Crippen molar-refractivity contribution in [3.63, 3.8) is 0 Å². The van der Waals surface area contributed by atoms with Crippen molar-refractivity contribution in [1.82, 2.24) is 14.7 Å². The van der Waals surface area contributed by atoms with Gasteiger partial charge in [0.15, 0.2) is 0 Å². The second-order valence-electron chi connectivity index (χ2n) is 6.63. The lowest BCUT2D eigenvalue weighted by atomic mass is 10.1. The minimum Gasteiger partial charge on any atom is -0.465 e. The lowest BCUT2D eigenvalue weighted by Gasteiger charge is -2.33. The first-order chi connectivity index (χ1) is 9.92. The molecular formula is C14H22N4O4. The van der Waals surface area contributed by atoms with E-state index in [9.17, 15) is 14.7 Å². The molecule has 1 rings (SSSR count). The van der Waals surface area contributed by atoms with Gasteiger partial charge in [-0.15, -0.1) is 4.99 Å². The number of carboxylic acid groups (broad SMARTS) is 1. The summed E-state index contributed by atoms with van der Waals surface area (Å²) >= 11 is 0. The summed E-state index contributed by atoms with van der Waals surface area (Å²) in [6.45, 7) is 10.2. The predicted octanol–water partition coefficient (Wildman–Crippen LogP) is 2.80. The first kappa shape index (κ1) is 17.7. The van der Waals surface area contributed by atoms with E-state index in [0.29, 0.717) is 0 Å². The highest BCUT2D eigenvalue weighted by Gasteiger charge is 2.33. The summed E-state index contributed by atoms with van der Waals surface area (Å²) in [7, 11) is 0. The minimum absolute atomic E-state index is 0.140. The SMILES string of the molecule is CC(C)(C)OC(=O)N=C(N(C(=O)O)C(C)(C)C)n1cccn1. The van der Waals surface area contributed by atoms with Gasteiger partial charge in [0.1, 0.15) is 5.60 Å². The van der Waals surface area contributed by atoms with Gasteiger partial charge in [0.2, 0.25) is 5.96 Å². The topological polar surface area (TPSA) is 97.0 Å². The first-order valence-electron chi connectivity index (χ1n) is 6.76. The van der Waals surface area contributed by atoms with Gasteiger partial charge in [-0.1, -0.05) is 0 Å². The summed E-state index contributed by atoms with van der Waals surface area (Å²) < 4.78 is 6.33. The van der Waals surface area contributed by atoms with Crippen molar-refractivity contribution in [2.75, 3.05) is 0 Å². The maximum absolute atomic E-state index is 11.9. The van der Waals surface area contributed by atoms with Crippen LogP contribution in [0.4, 0.5) is 9.59 Å². The van der Waals surface area contributed by atoms with Crippen molar-refractivity contribution in [3.8, 4) is 0 Å². The van der Waals surface area contributed by atoms with Crippen molar-refractivity contribution in [3.05, 3.63) is 18.5 Å². The van der Waals surface area contributed by atoms with E-state index >= 15 is 0 Å². The fourth-order valence-electron chi connectivity index (χ4n) is 1.63. The van der Waals surface area contributed by atoms with Crippen molar-refractivity contribution < 1.29 is 19.4 Å². The molecule has 0 bridgehead atoms. The molecule has 0 aliphatic carbocycles. The van der Waals surface area contributed by atoms with Crippen LogP contribution in [0.25, 0.3) is 0 Å². The van der Waals surface area contributed by atoms with Crippen LogP contribution in [0, 0.1) is 0 Å². The van der Waals surface area contributed by atoms with E-state index in [1.165, 1.54) is 17.1 Å². The van der Waals surface area contributed by atoms with Crippen LogP contribution < -0.4 is 0 Å². The van der Waals surface area contributed by atoms with E-state index in [-0.39, 0.29) is 5.96 Å². The molecule has 8 heteroatoms. The molecule has 1 N–H and O–H groups in total. The molecule has 0 aliphatic heterocycles. The molecule has 0 aromatic carbocycles. The number of aliphatic imine (C=N–C) groups is 1. The standard InChI is InChI=1S/C14H22N4O4/c1-13(2,3)18(12(20)21)10(17-9-7-8-15-17)16-11(19)22-14(4,5)6/h7-9H,1-6H3,(H,20,21). The molecule has 0 spiro atoms. The number of hydrogen-bond acceptors (Lipinski definition) is 4. The van der Waals surface area contributed by atoms with Crippen LogP contribution in [0.3, 0.4) is 0 Å². The Balaban J connectivity index is 3.31. The zero-order valence-corrected chi connectivity index (χ0v) is 13.7. The molecule has 0 radical (unpaired) electrons. The summed E-state index contributed by atoms with van der Waals surface area (Å²) in [5.41, 5.74) is -1.55. The van der Waals surface area contributed by atoms with Crippen LogP contribution >= 0.6 is 0 Å². The average Bonchev–Trinajstić information content (AvgIpc) is 2.75. The van der Waals surface area contributed by atoms with E-state index in [1.54, 1.807) is 47.6 Å². The number of amides is 2. The first-order valence-corrected chi connectivity index (χ1v) is 6.76. The number of ether oxygens (including phenoxy) is 1. The highest BCUT2D eigenvalue weighted by atomic mass is 16.6. The van der Waals surface area contributed by atoms with Crippen LogP contribution in [0.2, 0.25) is 0 Å². The summed E-state index contributed by atoms with van der Waals surface area (Å²) in [5, 5.41) is 13.4. The van der Waals surface area contributed by atoms with Gasteiger partial charge in [-0.05, 0) is 47.6 Å². The second kappa shape index (κ2) is 6.17. The molecule has 0 fully saturated rings. The second-order valence-corrected chi connectivity index (χ2v) is 6.63. The molecule has 1 aromatic rings. The Morgan fingerprint density at radius 1 is 1.23 bits per heavy atom. The normalized spacial score (nSPS) is 12.9. The fraction of sp³-hybridized carbons (Fsp3) is 0.571. The molecule has 0 aliphatic rings. The monoisotopic (exact) mass is 310 g/mol. The molecular weight excluding hydrogens is 288 g/mol. The van der Waals surface area contributed by atoms with Gasteiger partial charge in [-0.2, -0.15) is 5.10 Å². The van der Waals surface area contributed by atoms with Crippen molar-refractivity contribution in [2.24, 2.45) is 4.99 Å². The highest BCUT2D eigenvalue weighted by Crippen LogP contribution is 2.16. The quantitative estimate of drug-likeness (QED) is 0.587. The number of carbonyl (C=O) groups excluding carboxylic acids is 1. The maximum Gasteiger partial charge on any atom is 0.437 e. The average molecular weight is 310 g/mol. The summed E-state index contributed by atoms with van der Waals surface area (Å²) in [4.78, 5) is 28.3. The Morgan fingerprint density at radius 3 is 2.18 bits per heavy atom. The number of carbonyl (C=O) groups is 2. The van der Waals surface area contributed by atoms with Crippen molar-refractivity contribution in [2.45, 2.75) is 52.7 Å². The van der Waals surface area contributed by atoms with Crippen molar-refractivity contribution >= 4 is 18.1 Å². The Morgan fingerprint density at radius 2 is 1.82 bits per heavy atom. The largest absolute Gasteiger partial charge is 0.465 e. The Hall–Kier alpha value is -2.38. The summed E-state index contributed by atoms with van der Waals surface area (Å²) in [6.07, 6.45) is 0.844. The fourth-order valence-corrected chi connectivity index (χ4v) is 1.63. The lowest BCUT2D eigenvalue weighted by molar-refractivity contribution is 0.0599. The van der Waals surface area contributed by atoms with Crippen LogP contribution in [0.5, 0.6) is 0 Å². The Bertz CT molecular complexity index is 565. The van der Waals surface area contributed by atoms with Crippen LogP contribution in [-0.4, -0.2) is 49.1 Å². The van der Waals surface area contributed by atoms with Gasteiger partial charge in [0.05, 0.1) is 0 Å². The van der Waals surface area contributed by atoms with E-state index < -0.39 is 23.3 Å². The van der Waals surface area contributed by atoms with Gasteiger partial charge in [-0.25, -0.2) is 19.2 Å². The molecule has 122 valence electrons. The lowest BCUT2D eigenvalue weighted by Crippen LogP contribution is -2.51. The molecule has 0 atom stereocenters. The highest BCUT2D eigenvalue weighted by molar-refractivity contribution is 5.99. The molecule has 1 heterocycles. The van der Waals surface area contributed by atoms with Crippen molar-refractivity contribution in [1.29, 1.82) is 0 Å². The third-order valence-electron chi connectivity index (χ3n) is 2.36. The molecule has 22 heavy (non-hydrogen) atoms. The smallest absolute Gasteiger partial charge is 0.437 e. The van der Waals surface area contributed by atoms with E-state index in [2.05, 4.69) is 10.1 Å². The van der Waals surface area contributed by atoms with Gasteiger partial charge < -0.3 is 9.84 Å². The van der Waals surface area contributed by atoms with E-state index in [0.717, 1.165) is 4.90 Å². The van der Waals surface area contributed by atoms with Crippen LogP contribution in [-0.2, 0) is 4.74 Å². The Kier molecular flexibility index (Phi) is 4.95. The van der Waals surface area contributed by atoms with E-state index in [4.69, 9.17) is 4.74 Å². The zero-order valence-electron chi connectivity index (χ0n) is 13.7. The molecule has 2 amide bonds. The number of nitrogens with zero attached hydrogens (tertiary/aromatic N) is 4. The van der Waals surface area contributed by atoms with Gasteiger partial charge in [0, 0.05) is 17.9 Å². The third kappa shape index (κ3) is 4.87. The van der Waals surface area contributed by atoms with Crippen LogP contribution in [0.15, 0.2) is 23.5 Å². The third-order valence-corrected chi connectivity index (χ3v) is 2.36. The van der Waals surface area contributed by atoms with E-state index in [1.807, 2.05) is 0 Å². The number of rotatable bonds is 0.